The first-order valence-corrected chi connectivity index (χ1v) is 11.5. The molecule has 1 aromatic heterocycles. The Hall–Kier alpha value is -1.62. The third-order valence-electron chi connectivity index (χ3n) is 5.31. The van der Waals surface area contributed by atoms with Crippen molar-refractivity contribution < 1.29 is 14.3 Å². The average molecular weight is 405 g/mol. The zero-order chi connectivity index (χ0) is 21.0. The van der Waals surface area contributed by atoms with Gasteiger partial charge < -0.3 is 14.8 Å². The minimum Gasteiger partial charge on any atom is -0.475 e. The molecule has 1 saturated carbocycles. The third kappa shape index (κ3) is 10.6. The van der Waals surface area contributed by atoms with E-state index in [0.29, 0.717) is 24.7 Å². The van der Waals surface area contributed by atoms with Gasteiger partial charge in [-0.15, -0.1) is 0 Å². The Kier molecular flexibility index (Phi) is 10.5. The van der Waals surface area contributed by atoms with Gasteiger partial charge in [-0.05, 0) is 39.7 Å². The fourth-order valence-corrected chi connectivity index (χ4v) is 3.67. The van der Waals surface area contributed by atoms with E-state index in [4.69, 9.17) is 9.47 Å². The van der Waals surface area contributed by atoms with Gasteiger partial charge >= 0.3 is 0 Å². The molecule has 1 N–H and O–H groups in total. The van der Waals surface area contributed by atoms with Crippen LogP contribution in [0.15, 0.2) is 18.3 Å². The normalized spacial score (nSPS) is 17.8. The average Bonchev–Trinajstić information content (AvgIpc) is 2.67. The predicted octanol–water partition coefficient (Wildman–Crippen LogP) is 5.68. The predicted molar refractivity (Wildman–Crippen MR) is 117 cm³/mol. The number of amides is 1. The van der Waals surface area contributed by atoms with Crippen molar-refractivity contribution in [1.29, 1.82) is 0 Å². The fraction of sp³-hybridized carbons (Fsp3) is 0.750. The molecular formula is C24H40N2O3. The van der Waals surface area contributed by atoms with Crippen molar-refractivity contribution in [3.8, 4) is 5.88 Å². The standard InChI is InChI=1S/C24H40N2O3/c1-24(2,3)29-18-17-28-22-16-15-20(19-25-22)23(27)26-21-13-11-9-7-5-4-6-8-10-12-14-21/h15-16,19,21H,4-14,17-18H2,1-3H3,(H,26,27). The minimum atomic E-state index is -0.174. The number of pyridine rings is 1. The zero-order valence-electron chi connectivity index (χ0n) is 18.7. The van der Waals surface area contributed by atoms with Gasteiger partial charge in [-0.25, -0.2) is 4.98 Å². The van der Waals surface area contributed by atoms with E-state index in [2.05, 4.69) is 10.3 Å². The molecule has 1 aliphatic carbocycles. The summed E-state index contributed by atoms with van der Waals surface area (Å²) in [6.45, 7) is 7.00. The quantitative estimate of drug-likeness (QED) is 0.620. The second-order valence-electron chi connectivity index (χ2n) is 9.12. The molecule has 0 spiro atoms. The number of rotatable bonds is 6. The summed E-state index contributed by atoms with van der Waals surface area (Å²) in [4.78, 5) is 16.9. The molecule has 1 aliphatic rings. The number of ether oxygens (including phenoxy) is 2. The molecule has 1 fully saturated rings. The van der Waals surface area contributed by atoms with E-state index < -0.39 is 0 Å². The van der Waals surface area contributed by atoms with Crippen LogP contribution < -0.4 is 10.1 Å². The molecule has 29 heavy (non-hydrogen) atoms. The Morgan fingerprint density at radius 3 is 2.07 bits per heavy atom. The lowest BCUT2D eigenvalue weighted by Gasteiger charge is -2.20. The molecule has 5 heteroatoms. The number of nitrogens with zero attached hydrogens (tertiary/aromatic N) is 1. The third-order valence-corrected chi connectivity index (χ3v) is 5.31. The summed E-state index contributed by atoms with van der Waals surface area (Å²) in [5.74, 6) is 0.488. The molecule has 0 saturated heterocycles. The van der Waals surface area contributed by atoms with E-state index in [0.717, 1.165) is 12.8 Å². The Morgan fingerprint density at radius 1 is 0.966 bits per heavy atom. The first kappa shape index (κ1) is 23.7. The highest BCUT2D eigenvalue weighted by Gasteiger charge is 2.15. The van der Waals surface area contributed by atoms with E-state index in [1.165, 1.54) is 57.8 Å². The van der Waals surface area contributed by atoms with Crippen LogP contribution in [0.3, 0.4) is 0 Å². The van der Waals surface area contributed by atoms with Gasteiger partial charge in [0.2, 0.25) is 5.88 Å². The SMILES string of the molecule is CC(C)(C)OCCOc1ccc(C(=O)NC2CCCCCCCCCCC2)cn1. The molecular weight excluding hydrogens is 364 g/mol. The lowest BCUT2D eigenvalue weighted by atomic mass is 9.98. The minimum absolute atomic E-state index is 0.0304. The molecule has 0 radical (unpaired) electrons. The molecule has 1 aromatic rings. The van der Waals surface area contributed by atoms with Crippen LogP contribution in [0.1, 0.15) is 102 Å². The Balaban J connectivity index is 1.78. The largest absolute Gasteiger partial charge is 0.475 e. The molecule has 0 bridgehead atoms. The second-order valence-corrected chi connectivity index (χ2v) is 9.12. The van der Waals surface area contributed by atoms with Gasteiger partial charge in [-0.2, -0.15) is 0 Å². The summed E-state index contributed by atoms with van der Waals surface area (Å²) in [7, 11) is 0. The van der Waals surface area contributed by atoms with Gasteiger partial charge in [-0.3, -0.25) is 4.79 Å². The second kappa shape index (κ2) is 12.8. The number of nitrogens with one attached hydrogen (secondary N) is 1. The summed E-state index contributed by atoms with van der Waals surface area (Å²) in [5.41, 5.74) is 0.418. The Labute approximate surface area is 177 Å². The number of carbonyl (C=O) groups is 1. The molecule has 5 nitrogen and oxygen atoms in total. The molecule has 164 valence electrons. The highest BCUT2D eigenvalue weighted by Crippen LogP contribution is 2.17. The van der Waals surface area contributed by atoms with Crippen LogP contribution in [0.5, 0.6) is 5.88 Å². The number of carbonyl (C=O) groups excluding carboxylic acids is 1. The first-order valence-electron chi connectivity index (χ1n) is 11.5. The molecule has 2 rings (SSSR count). The Bertz CT molecular complexity index is 569. The highest BCUT2D eigenvalue weighted by atomic mass is 16.5. The maximum absolute atomic E-state index is 12.7. The van der Waals surface area contributed by atoms with Crippen LogP contribution in [0, 0.1) is 0 Å². The van der Waals surface area contributed by atoms with Crippen LogP contribution in [-0.4, -0.2) is 35.7 Å². The van der Waals surface area contributed by atoms with Gasteiger partial charge in [-0.1, -0.05) is 57.8 Å². The van der Waals surface area contributed by atoms with Crippen LogP contribution in [-0.2, 0) is 4.74 Å². The van der Waals surface area contributed by atoms with Crippen molar-refractivity contribution in [3.05, 3.63) is 23.9 Å². The highest BCUT2D eigenvalue weighted by molar-refractivity contribution is 5.94. The molecule has 0 atom stereocenters. The molecule has 0 unspecified atom stereocenters. The summed E-state index contributed by atoms with van der Waals surface area (Å²) in [6, 6.07) is 3.82. The van der Waals surface area contributed by atoms with Crippen LogP contribution in [0.2, 0.25) is 0 Å². The monoisotopic (exact) mass is 404 g/mol. The van der Waals surface area contributed by atoms with Crippen molar-refractivity contribution in [1.82, 2.24) is 10.3 Å². The van der Waals surface area contributed by atoms with Crippen LogP contribution in [0.4, 0.5) is 0 Å². The van der Waals surface area contributed by atoms with Gasteiger partial charge in [0.05, 0.1) is 17.8 Å². The lowest BCUT2D eigenvalue weighted by molar-refractivity contribution is -0.0168. The van der Waals surface area contributed by atoms with Crippen LogP contribution in [0.25, 0.3) is 0 Å². The van der Waals surface area contributed by atoms with Gasteiger partial charge in [0.1, 0.15) is 6.61 Å². The summed E-state index contributed by atoms with van der Waals surface area (Å²) < 4.78 is 11.2. The Morgan fingerprint density at radius 2 is 1.55 bits per heavy atom. The molecule has 1 amide bonds. The van der Waals surface area contributed by atoms with Crippen molar-refractivity contribution in [2.24, 2.45) is 0 Å². The number of aromatic nitrogens is 1. The van der Waals surface area contributed by atoms with E-state index in [9.17, 15) is 4.79 Å². The maximum atomic E-state index is 12.7. The zero-order valence-corrected chi connectivity index (χ0v) is 18.7. The summed E-state index contributed by atoms with van der Waals surface area (Å²) in [5, 5.41) is 3.24. The van der Waals surface area contributed by atoms with Crippen molar-refractivity contribution >= 4 is 5.91 Å². The van der Waals surface area contributed by atoms with Gasteiger partial charge in [0.25, 0.3) is 5.91 Å². The first-order chi connectivity index (χ1) is 13.9. The molecule has 1 heterocycles. The topological polar surface area (TPSA) is 60.5 Å². The fourth-order valence-electron chi connectivity index (χ4n) is 3.67. The summed E-state index contributed by atoms with van der Waals surface area (Å²) >= 11 is 0. The molecule has 0 aromatic carbocycles. The van der Waals surface area contributed by atoms with Crippen molar-refractivity contribution in [2.75, 3.05) is 13.2 Å². The smallest absolute Gasteiger partial charge is 0.253 e. The number of hydrogen-bond donors (Lipinski definition) is 1. The molecule has 0 aliphatic heterocycles. The van der Waals surface area contributed by atoms with Crippen molar-refractivity contribution in [2.45, 2.75) is 103 Å². The van der Waals surface area contributed by atoms with E-state index in [1.807, 2.05) is 20.8 Å². The number of hydrogen-bond acceptors (Lipinski definition) is 4. The van der Waals surface area contributed by atoms with Crippen molar-refractivity contribution in [3.63, 3.8) is 0 Å². The van der Waals surface area contributed by atoms with Gasteiger partial charge in [0.15, 0.2) is 0 Å². The van der Waals surface area contributed by atoms with Crippen LogP contribution >= 0.6 is 0 Å². The summed E-state index contributed by atoms with van der Waals surface area (Å²) in [6.07, 6.45) is 15.5. The van der Waals surface area contributed by atoms with E-state index in [-0.39, 0.29) is 17.6 Å². The maximum Gasteiger partial charge on any atom is 0.253 e. The van der Waals surface area contributed by atoms with E-state index in [1.54, 1.807) is 18.3 Å². The van der Waals surface area contributed by atoms with Gasteiger partial charge in [0, 0.05) is 18.3 Å². The van der Waals surface area contributed by atoms with E-state index >= 15 is 0 Å². The lowest BCUT2D eigenvalue weighted by Crippen LogP contribution is -2.35.